The van der Waals surface area contributed by atoms with Crippen LogP contribution in [0.15, 0.2) is 113 Å². The van der Waals surface area contributed by atoms with Crippen molar-refractivity contribution in [2.24, 2.45) is 0 Å². The van der Waals surface area contributed by atoms with Gasteiger partial charge in [0.2, 0.25) is 0 Å². The van der Waals surface area contributed by atoms with E-state index < -0.39 is 76.8 Å². The van der Waals surface area contributed by atoms with Crippen molar-refractivity contribution in [2.45, 2.75) is 31.1 Å². The molecule has 0 saturated carbocycles. The van der Waals surface area contributed by atoms with Gasteiger partial charge in [0.05, 0.1) is 13.2 Å². The molecular formula is C30H30N4O14P2. The summed E-state index contributed by atoms with van der Waals surface area (Å²) in [5.41, 5.74) is -0.701. The van der Waals surface area contributed by atoms with E-state index in [9.17, 15) is 38.1 Å². The molecular weight excluding hydrogens is 702 g/mol. The fourth-order valence-electron chi connectivity index (χ4n) is 4.62. The van der Waals surface area contributed by atoms with Crippen molar-refractivity contribution in [3.05, 3.63) is 130 Å². The van der Waals surface area contributed by atoms with Gasteiger partial charge in [-0.25, -0.2) is 23.5 Å². The number of aromatic amines is 1. The number of H-pyrrole nitrogens is 1. The van der Waals surface area contributed by atoms with Crippen molar-refractivity contribution in [1.29, 1.82) is 0 Å². The first kappa shape index (κ1) is 36.4. The number of hydrogen-bond acceptors (Lipinski definition) is 12. The fraction of sp³-hybridized carbons (Fsp3) is 0.200. The van der Waals surface area contributed by atoms with Crippen LogP contribution in [0.3, 0.4) is 0 Å². The first-order chi connectivity index (χ1) is 23.9. The SMILES string of the molecule is O=C(Nc1ccccc1)OC1[C@@H](OC(=O)Nc2ccccc2)[C@@H](COP(=O)(O)OP(=O)(O)OCc2ccccc2)O[C@H]1n1ccc(=O)[nH]c1=O. The molecule has 0 bridgehead atoms. The minimum absolute atomic E-state index is 0.305. The maximum absolute atomic E-state index is 13.1. The number of amides is 2. The summed E-state index contributed by atoms with van der Waals surface area (Å²) >= 11 is 0. The van der Waals surface area contributed by atoms with Gasteiger partial charge in [-0.2, -0.15) is 4.31 Å². The number of ether oxygens (including phenoxy) is 3. The molecule has 1 aliphatic rings. The van der Waals surface area contributed by atoms with Crippen molar-refractivity contribution in [3.8, 4) is 0 Å². The average Bonchev–Trinajstić information content (AvgIpc) is 3.39. The predicted molar refractivity (Wildman–Crippen MR) is 174 cm³/mol. The van der Waals surface area contributed by atoms with Gasteiger partial charge in [0, 0.05) is 23.6 Å². The van der Waals surface area contributed by atoms with Gasteiger partial charge in [0.1, 0.15) is 6.10 Å². The molecule has 20 heteroatoms. The molecule has 2 heterocycles. The van der Waals surface area contributed by atoms with E-state index in [1.807, 2.05) is 4.98 Å². The molecule has 4 aromatic rings. The van der Waals surface area contributed by atoms with Crippen LogP contribution < -0.4 is 21.9 Å². The number of para-hydroxylation sites is 2. The lowest BCUT2D eigenvalue weighted by Gasteiger charge is -2.25. The summed E-state index contributed by atoms with van der Waals surface area (Å²) in [5.74, 6) is 0. The number of rotatable bonds is 13. The molecule has 0 radical (unpaired) electrons. The van der Waals surface area contributed by atoms with E-state index in [0.717, 1.165) is 16.8 Å². The number of phosphoric ester groups is 2. The zero-order chi connectivity index (χ0) is 35.7. The minimum Gasteiger partial charge on any atom is -0.439 e. The number of hydrogen-bond donors (Lipinski definition) is 5. The fourth-order valence-corrected chi connectivity index (χ4v) is 6.69. The van der Waals surface area contributed by atoms with Gasteiger partial charge in [-0.1, -0.05) is 66.7 Å². The van der Waals surface area contributed by atoms with Crippen LogP contribution in [0.5, 0.6) is 0 Å². The van der Waals surface area contributed by atoms with Crippen LogP contribution in [-0.2, 0) is 43.3 Å². The van der Waals surface area contributed by atoms with Crippen LogP contribution in [0.4, 0.5) is 21.0 Å². The van der Waals surface area contributed by atoms with Crippen molar-refractivity contribution in [3.63, 3.8) is 0 Å². The van der Waals surface area contributed by atoms with Crippen LogP contribution in [0.2, 0.25) is 0 Å². The van der Waals surface area contributed by atoms with E-state index in [1.165, 1.54) is 0 Å². The number of carbonyl (C=O) groups is 2. The summed E-state index contributed by atoms with van der Waals surface area (Å²) in [6, 6.07) is 25.2. The van der Waals surface area contributed by atoms with E-state index in [1.54, 1.807) is 91.0 Å². The van der Waals surface area contributed by atoms with E-state index in [2.05, 4.69) is 14.9 Å². The molecule has 6 atom stereocenters. The Morgan fingerprint density at radius 2 is 1.28 bits per heavy atom. The van der Waals surface area contributed by atoms with Crippen LogP contribution >= 0.6 is 15.6 Å². The molecule has 1 aromatic heterocycles. The average molecular weight is 733 g/mol. The summed E-state index contributed by atoms with van der Waals surface area (Å²) in [7, 11) is -10.6. The Labute approximate surface area is 282 Å². The topological polar surface area (TPSA) is 243 Å². The van der Waals surface area contributed by atoms with Crippen molar-refractivity contribution in [1.82, 2.24) is 9.55 Å². The summed E-state index contributed by atoms with van der Waals surface area (Å²) in [4.78, 5) is 73.1. The van der Waals surface area contributed by atoms with Gasteiger partial charge in [0.15, 0.2) is 18.4 Å². The van der Waals surface area contributed by atoms with Crippen molar-refractivity contribution >= 4 is 39.2 Å². The normalized spacial score (nSPS) is 20.9. The predicted octanol–water partition coefficient (Wildman–Crippen LogP) is 4.12. The summed E-state index contributed by atoms with van der Waals surface area (Å²) in [6.07, 6.45) is -7.75. The van der Waals surface area contributed by atoms with E-state index in [4.69, 9.17) is 23.3 Å². The Kier molecular flexibility index (Phi) is 11.8. The largest absolute Gasteiger partial charge is 0.481 e. The van der Waals surface area contributed by atoms with Crippen molar-refractivity contribution in [2.75, 3.05) is 17.2 Å². The molecule has 1 aliphatic heterocycles. The highest BCUT2D eigenvalue weighted by atomic mass is 31.3. The molecule has 5 N–H and O–H groups in total. The van der Waals surface area contributed by atoms with Crippen molar-refractivity contribution < 1.29 is 56.1 Å². The summed E-state index contributed by atoms with van der Waals surface area (Å²) in [6.45, 7) is -1.45. The second kappa shape index (κ2) is 16.2. The minimum atomic E-state index is -5.41. The number of benzene rings is 3. The molecule has 50 heavy (non-hydrogen) atoms. The number of nitrogens with zero attached hydrogens (tertiary/aromatic N) is 1. The molecule has 2 amide bonds. The first-order valence-corrected chi connectivity index (χ1v) is 17.6. The van der Waals surface area contributed by atoms with Gasteiger partial charge in [-0.05, 0) is 29.8 Å². The molecule has 18 nitrogen and oxygen atoms in total. The maximum Gasteiger partial charge on any atom is 0.481 e. The number of aromatic nitrogens is 2. The molecule has 1 fully saturated rings. The third-order valence-corrected chi connectivity index (χ3v) is 9.36. The Morgan fingerprint density at radius 3 is 1.84 bits per heavy atom. The monoisotopic (exact) mass is 732 g/mol. The first-order valence-electron chi connectivity index (χ1n) is 14.6. The maximum atomic E-state index is 13.1. The molecule has 0 aliphatic carbocycles. The molecule has 3 unspecified atom stereocenters. The van der Waals surface area contributed by atoms with Gasteiger partial charge in [0.25, 0.3) is 5.56 Å². The number of phosphoric acid groups is 2. The summed E-state index contributed by atoms with van der Waals surface area (Å²) < 4.78 is 57.3. The Hall–Kier alpha value is -4.90. The molecule has 0 spiro atoms. The highest BCUT2D eigenvalue weighted by Crippen LogP contribution is 2.61. The van der Waals surface area contributed by atoms with Crippen LogP contribution in [0.25, 0.3) is 0 Å². The lowest BCUT2D eigenvalue weighted by atomic mass is 10.1. The number of carbonyl (C=O) groups excluding carboxylic acids is 2. The Bertz CT molecular complexity index is 1980. The van der Waals surface area contributed by atoms with Crippen LogP contribution in [-0.4, -0.2) is 56.4 Å². The highest BCUT2D eigenvalue weighted by Gasteiger charge is 2.52. The number of nitrogens with one attached hydrogen (secondary N) is 3. The third kappa shape index (κ3) is 10.3. The summed E-state index contributed by atoms with van der Waals surface area (Å²) in [5, 5.41) is 4.93. The Morgan fingerprint density at radius 1 is 0.760 bits per heavy atom. The van der Waals surface area contributed by atoms with E-state index >= 15 is 0 Å². The number of anilines is 2. The second-order valence-corrected chi connectivity index (χ2v) is 13.4. The van der Waals surface area contributed by atoms with Gasteiger partial charge >= 0.3 is 33.5 Å². The molecule has 264 valence electrons. The standard InChI is InChI=1S/C30H30N4O14P2/c35-24-16-17-34(28(36)33-24)27-26(47-30(38)32-22-14-8-3-9-15-22)25(46-29(37)31-21-12-6-2-7-13-21)23(45-27)19-44-50(41,42)48-49(39,40)43-18-20-10-4-1-5-11-20/h1-17,23,25-27H,18-19H2,(H,31,37)(H,32,38)(H,39,40)(H,41,42)(H,33,35,36)/t23-,25+,26?,27-/m1/s1. The molecule has 1 saturated heterocycles. The Balaban J connectivity index is 1.39. The smallest absolute Gasteiger partial charge is 0.439 e. The zero-order valence-electron chi connectivity index (χ0n) is 25.7. The third-order valence-electron chi connectivity index (χ3n) is 6.78. The quantitative estimate of drug-likeness (QED) is 0.122. The molecule has 3 aromatic carbocycles. The van der Waals surface area contributed by atoms with Gasteiger partial charge < -0.3 is 24.0 Å². The van der Waals surface area contributed by atoms with E-state index in [0.29, 0.717) is 16.9 Å². The van der Waals surface area contributed by atoms with Gasteiger partial charge in [-0.15, -0.1) is 0 Å². The molecule has 5 rings (SSSR count). The zero-order valence-corrected chi connectivity index (χ0v) is 27.5. The highest BCUT2D eigenvalue weighted by molar-refractivity contribution is 7.61. The van der Waals surface area contributed by atoms with Crippen LogP contribution in [0, 0.1) is 0 Å². The second-order valence-electron chi connectivity index (χ2n) is 10.4. The van der Waals surface area contributed by atoms with E-state index in [-0.39, 0.29) is 0 Å². The van der Waals surface area contributed by atoms with Gasteiger partial charge in [-0.3, -0.25) is 34.0 Å². The lowest BCUT2D eigenvalue weighted by Crippen LogP contribution is -2.44. The lowest BCUT2D eigenvalue weighted by molar-refractivity contribution is -0.0554. The van der Waals surface area contributed by atoms with Crippen LogP contribution in [0.1, 0.15) is 11.8 Å².